The third kappa shape index (κ3) is 3.21. The molecule has 4 nitrogen and oxygen atoms in total. The van der Waals surface area contributed by atoms with Crippen LogP contribution in [0.2, 0.25) is 5.02 Å². The lowest BCUT2D eigenvalue weighted by Gasteiger charge is -2.11. The van der Waals surface area contributed by atoms with Crippen molar-refractivity contribution < 1.29 is 17.6 Å². The number of aromatic nitrogens is 3. The molecule has 9 heteroatoms. The van der Waals surface area contributed by atoms with Crippen LogP contribution < -0.4 is 5.56 Å². The number of alkyl halides is 2. The molecular weight excluding hydrogens is 338 g/mol. The highest BCUT2D eigenvalue weighted by Gasteiger charge is 2.15. The SMILES string of the molecule is Cc1cc(-n2c(=O)cc(F)n3cncc23)c(F)cc1Cl.FCF. The van der Waals surface area contributed by atoms with E-state index in [1.54, 1.807) is 6.92 Å². The molecule has 0 unspecified atom stereocenters. The van der Waals surface area contributed by atoms with E-state index >= 15 is 0 Å². The van der Waals surface area contributed by atoms with Crippen LogP contribution in [-0.2, 0) is 0 Å². The van der Waals surface area contributed by atoms with Crippen LogP contribution in [0.4, 0.5) is 17.6 Å². The largest absolute Gasteiger partial charge is 0.269 e. The predicted molar refractivity (Wildman–Crippen MR) is 77.5 cm³/mol. The number of aryl methyl sites for hydroxylation is 1. The molecule has 0 aliphatic carbocycles. The first-order valence-corrected chi connectivity index (χ1v) is 6.60. The quantitative estimate of drug-likeness (QED) is 0.498. The number of halogens is 5. The number of rotatable bonds is 1. The summed E-state index contributed by atoms with van der Waals surface area (Å²) < 4.78 is 49.0. The van der Waals surface area contributed by atoms with Gasteiger partial charge in [-0.25, -0.2) is 18.2 Å². The van der Waals surface area contributed by atoms with Crippen LogP contribution in [0, 0.1) is 18.7 Å². The first-order chi connectivity index (χ1) is 10.9. The highest BCUT2D eigenvalue weighted by molar-refractivity contribution is 6.31. The molecule has 0 fully saturated rings. The van der Waals surface area contributed by atoms with Crippen molar-refractivity contribution in [1.82, 2.24) is 14.0 Å². The van der Waals surface area contributed by atoms with Crippen LogP contribution in [0.15, 0.2) is 35.5 Å². The van der Waals surface area contributed by atoms with Gasteiger partial charge in [-0.05, 0) is 24.6 Å². The lowest BCUT2D eigenvalue weighted by atomic mass is 10.2. The molecule has 2 aromatic heterocycles. The molecule has 0 saturated carbocycles. The van der Waals surface area contributed by atoms with E-state index in [4.69, 9.17) is 11.6 Å². The number of hydrogen-bond donors (Lipinski definition) is 0. The van der Waals surface area contributed by atoms with E-state index in [0.29, 0.717) is 5.56 Å². The Balaban J connectivity index is 0.000000595. The van der Waals surface area contributed by atoms with E-state index in [2.05, 4.69) is 4.98 Å². The zero-order valence-corrected chi connectivity index (χ0v) is 12.5. The van der Waals surface area contributed by atoms with Crippen molar-refractivity contribution in [3.8, 4) is 5.69 Å². The second kappa shape index (κ2) is 6.82. The smallest absolute Gasteiger partial charge is 0.261 e. The number of imidazole rings is 1. The molecule has 0 aliphatic heterocycles. The van der Waals surface area contributed by atoms with Gasteiger partial charge in [-0.15, -0.1) is 0 Å². The summed E-state index contributed by atoms with van der Waals surface area (Å²) in [5.41, 5.74) is 0.0612. The molecule has 0 aliphatic rings. The Bertz CT molecular complexity index is 907. The molecule has 122 valence electrons. The Labute approximate surface area is 132 Å². The lowest BCUT2D eigenvalue weighted by Crippen LogP contribution is -2.22. The zero-order valence-electron chi connectivity index (χ0n) is 11.7. The maximum atomic E-state index is 14.1. The van der Waals surface area contributed by atoms with Gasteiger partial charge in [0.25, 0.3) is 5.56 Å². The molecule has 0 spiro atoms. The highest BCUT2D eigenvalue weighted by Crippen LogP contribution is 2.23. The number of hydrogen-bond acceptors (Lipinski definition) is 2. The maximum absolute atomic E-state index is 14.1. The van der Waals surface area contributed by atoms with Crippen molar-refractivity contribution >= 4 is 17.2 Å². The van der Waals surface area contributed by atoms with Crippen molar-refractivity contribution in [2.75, 3.05) is 6.93 Å². The molecule has 3 aromatic rings. The topological polar surface area (TPSA) is 39.3 Å². The zero-order chi connectivity index (χ0) is 17.1. The van der Waals surface area contributed by atoms with Crippen molar-refractivity contribution in [2.45, 2.75) is 6.92 Å². The summed E-state index contributed by atoms with van der Waals surface area (Å²) >= 11 is 5.83. The molecule has 0 atom stereocenters. The van der Waals surface area contributed by atoms with Crippen LogP contribution in [-0.4, -0.2) is 20.9 Å². The summed E-state index contributed by atoms with van der Waals surface area (Å²) in [6.07, 6.45) is 2.50. The minimum absolute atomic E-state index is 0.00222. The average Bonchev–Trinajstić information content (AvgIpc) is 2.95. The molecule has 2 heterocycles. The third-order valence-electron chi connectivity index (χ3n) is 3.01. The summed E-state index contributed by atoms with van der Waals surface area (Å²) in [5.74, 6) is -1.43. The van der Waals surface area contributed by atoms with Gasteiger partial charge >= 0.3 is 0 Å². The molecule has 23 heavy (non-hydrogen) atoms. The van der Waals surface area contributed by atoms with E-state index in [9.17, 15) is 22.4 Å². The van der Waals surface area contributed by atoms with E-state index in [1.165, 1.54) is 18.6 Å². The Morgan fingerprint density at radius 3 is 2.52 bits per heavy atom. The fraction of sp³-hybridized carbons (Fsp3) is 0.143. The van der Waals surface area contributed by atoms with Crippen LogP contribution in [0.1, 0.15) is 5.56 Å². The first-order valence-electron chi connectivity index (χ1n) is 6.22. The second-order valence-corrected chi connectivity index (χ2v) is 4.82. The summed E-state index contributed by atoms with van der Waals surface area (Å²) in [6, 6.07) is 3.33. The Morgan fingerprint density at radius 2 is 1.87 bits per heavy atom. The van der Waals surface area contributed by atoms with Crippen LogP contribution in [0.5, 0.6) is 0 Å². The molecule has 0 N–H and O–H groups in total. The minimum Gasteiger partial charge on any atom is -0.269 e. The standard InChI is InChI=1S/C13H8ClF2N3O.CH2F2/c1-7-2-10(9(15)3-8(7)14)19-12-5-17-6-18(12)11(16)4-13(19)20;2-1-3/h2-6H,1H3;1H2. The van der Waals surface area contributed by atoms with Gasteiger partial charge in [0.15, 0.2) is 0 Å². The van der Waals surface area contributed by atoms with Crippen LogP contribution >= 0.6 is 11.6 Å². The molecule has 0 bridgehead atoms. The number of fused-ring (bicyclic) bond motifs is 1. The Kier molecular flexibility index (Phi) is 5.05. The second-order valence-electron chi connectivity index (χ2n) is 4.42. The van der Waals surface area contributed by atoms with Gasteiger partial charge < -0.3 is 0 Å². The van der Waals surface area contributed by atoms with Gasteiger partial charge in [-0.3, -0.25) is 13.8 Å². The van der Waals surface area contributed by atoms with Gasteiger partial charge in [-0.2, -0.15) is 4.39 Å². The van der Waals surface area contributed by atoms with E-state index in [1.807, 2.05) is 0 Å². The summed E-state index contributed by atoms with van der Waals surface area (Å²) in [5, 5.41) is 0.255. The Morgan fingerprint density at radius 1 is 1.22 bits per heavy atom. The van der Waals surface area contributed by atoms with E-state index in [0.717, 1.165) is 21.1 Å². The van der Waals surface area contributed by atoms with Gasteiger partial charge in [0.05, 0.1) is 18.0 Å². The minimum atomic E-state index is -1.75. The lowest BCUT2D eigenvalue weighted by molar-refractivity contribution is 0.295. The summed E-state index contributed by atoms with van der Waals surface area (Å²) in [7, 11) is 0. The molecule has 1 aromatic carbocycles. The molecule has 0 radical (unpaired) electrons. The summed E-state index contributed by atoms with van der Waals surface area (Å²) in [4.78, 5) is 15.8. The fourth-order valence-electron chi connectivity index (χ4n) is 2.02. The molecule has 0 saturated heterocycles. The predicted octanol–water partition coefficient (Wildman–Crippen LogP) is 3.61. The van der Waals surface area contributed by atoms with Gasteiger partial charge in [0, 0.05) is 5.02 Å². The van der Waals surface area contributed by atoms with Crippen molar-refractivity contribution in [2.24, 2.45) is 0 Å². The van der Waals surface area contributed by atoms with Crippen molar-refractivity contribution in [3.05, 3.63) is 63.4 Å². The first kappa shape index (κ1) is 17.0. The fourth-order valence-corrected chi connectivity index (χ4v) is 2.17. The van der Waals surface area contributed by atoms with Gasteiger partial charge in [0.1, 0.15) is 17.8 Å². The van der Waals surface area contributed by atoms with Crippen LogP contribution in [0.25, 0.3) is 11.3 Å². The normalized spacial score (nSPS) is 10.5. The van der Waals surface area contributed by atoms with Crippen molar-refractivity contribution in [1.29, 1.82) is 0 Å². The Hall–Kier alpha value is -2.35. The number of nitrogens with zero attached hydrogens (tertiary/aromatic N) is 3. The molecule has 0 amide bonds. The van der Waals surface area contributed by atoms with Crippen LogP contribution in [0.3, 0.4) is 0 Å². The van der Waals surface area contributed by atoms with E-state index in [-0.39, 0.29) is 16.4 Å². The van der Waals surface area contributed by atoms with Crippen molar-refractivity contribution in [3.63, 3.8) is 0 Å². The summed E-state index contributed by atoms with van der Waals surface area (Å²) in [6.45, 7) is -0.0621. The monoisotopic (exact) mass is 347 g/mol. The third-order valence-corrected chi connectivity index (χ3v) is 3.42. The van der Waals surface area contributed by atoms with E-state index < -0.39 is 24.3 Å². The van der Waals surface area contributed by atoms with Gasteiger partial charge in [-0.1, -0.05) is 11.6 Å². The highest BCUT2D eigenvalue weighted by atomic mass is 35.5. The van der Waals surface area contributed by atoms with Gasteiger partial charge in [0.2, 0.25) is 12.9 Å². The molecule has 3 rings (SSSR count). The molecular formula is C14H10ClF4N3O. The number of benzene rings is 1. The average molecular weight is 348 g/mol. The maximum Gasteiger partial charge on any atom is 0.261 e.